The minimum absolute atomic E-state index is 0.356. The van der Waals surface area contributed by atoms with Crippen molar-refractivity contribution in [2.75, 3.05) is 10.6 Å². The first kappa shape index (κ1) is 19.0. The van der Waals surface area contributed by atoms with Gasteiger partial charge in [0.05, 0.1) is 0 Å². The number of rotatable bonds is 4. The van der Waals surface area contributed by atoms with E-state index >= 15 is 0 Å². The number of aryl methyl sites for hydroxylation is 2. The second-order valence-electron chi connectivity index (χ2n) is 6.74. The molecule has 0 unspecified atom stereocenters. The first-order valence-electron chi connectivity index (χ1n) is 8.08. The van der Waals surface area contributed by atoms with Crippen molar-refractivity contribution in [2.45, 2.75) is 34.6 Å². The number of nitrogens with one attached hydrogen (secondary N) is 2. The molecule has 0 aromatic heterocycles. The Kier molecular flexibility index (Phi) is 5.53. The van der Waals surface area contributed by atoms with Crippen LogP contribution in [0.5, 0.6) is 0 Å². The minimum Gasteiger partial charge on any atom is -0.325 e. The van der Waals surface area contributed by atoms with Gasteiger partial charge in [0.1, 0.15) is 5.41 Å². The predicted octanol–water partition coefficient (Wildman–Crippen LogP) is 4.87. The summed E-state index contributed by atoms with van der Waals surface area (Å²) in [6.45, 7) is 8.98. The van der Waals surface area contributed by atoms with E-state index in [0.717, 1.165) is 16.7 Å². The maximum Gasteiger partial charge on any atom is 0.239 e. The van der Waals surface area contributed by atoms with E-state index in [-0.39, 0.29) is 11.8 Å². The van der Waals surface area contributed by atoms with E-state index in [1.165, 1.54) is 0 Å². The molecule has 0 atom stereocenters. The SMILES string of the molecule is Cc1cc(Cl)ccc1NC(=O)C(C)(C)C(=O)Nc1cccc(C)c1C. The molecule has 2 N–H and O–H groups in total. The van der Waals surface area contributed by atoms with Gasteiger partial charge in [-0.2, -0.15) is 0 Å². The number of carbonyl (C=O) groups is 2. The number of carbonyl (C=O) groups excluding carboxylic acids is 2. The summed E-state index contributed by atoms with van der Waals surface area (Å²) in [4.78, 5) is 25.3. The standard InChI is InChI=1S/C20H23ClN2O2/c1-12-7-6-8-17(14(12)3)23-19(25)20(4,5)18(24)22-16-10-9-15(21)11-13(16)2/h6-11H,1-5H3,(H,22,24)(H,23,25). The van der Waals surface area contributed by atoms with Gasteiger partial charge in [-0.15, -0.1) is 0 Å². The normalized spacial score (nSPS) is 11.1. The zero-order valence-electron chi connectivity index (χ0n) is 15.2. The second-order valence-corrected chi connectivity index (χ2v) is 7.18. The van der Waals surface area contributed by atoms with E-state index < -0.39 is 5.41 Å². The summed E-state index contributed by atoms with van der Waals surface area (Å²) in [6, 6.07) is 10.9. The van der Waals surface area contributed by atoms with Gasteiger partial charge in [0.2, 0.25) is 11.8 Å². The van der Waals surface area contributed by atoms with Crippen LogP contribution in [0, 0.1) is 26.2 Å². The van der Waals surface area contributed by atoms with Crippen LogP contribution in [-0.4, -0.2) is 11.8 Å². The van der Waals surface area contributed by atoms with Crippen LogP contribution in [0.4, 0.5) is 11.4 Å². The highest BCUT2D eigenvalue weighted by Crippen LogP contribution is 2.26. The van der Waals surface area contributed by atoms with E-state index in [9.17, 15) is 9.59 Å². The Labute approximate surface area is 153 Å². The van der Waals surface area contributed by atoms with Crippen LogP contribution in [0.25, 0.3) is 0 Å². The topological polar surface area (TPSA) is 58.2 Å². The van der Waals surface area contributed by atoms with E-state index in [2.05, 4.69) is 10.6 Å². The number of halogens is 1. The fraction of sp³-hybridized carbons (Fsp3) is 0.300. The molecule has 0 saturated carbocycles. The van der Waals surface area contributed by atoms with Crippen LogP contribution in [0.3, 0.4) is 0 Å². The van der Waals surface area contributed by atoms with Gasteiger partial charge in [0, 0.05) is 16.4 Å². The molecule has 25 heavy (non-hydrogen) atoms. The van der Waals surface area contributed by atoms with Crippen LogP contribution >= 0.6 is 11.6 Å². The summed E-state index contributed by atoms with van der Waals surface area (Å²) >= 11 is 5.93. The molecule has 0 saturated heterocycles. The fourth-order valence-electron chi connectivity index (χ4n) is 2.31. The molecule has 132 valence electrons. The number of hydrogen-bond donors (Lipinski definition) is 2. The summed E-state index contributed by atoms with van der Waals surface area (Å²) in [5.41, 5.74) is 3.03. The molecule has 2 aromatic carbocycles. The average Bonchev–Trinajstić information content (AvgIpc) is 2.54. The highest BCUT2D eigenvalue weighted by Gasteiger charge is 2.36. The van der Waals surface area contributed by atoms with Crippen LogP contribution in [0.2, 0.25) is 5.02 Å². The van der Waals surface area contributed by atoms with Crippen molar-refractivity contribution < 1.29 is 9.59 Å². The lowest BCUT2D eigenvalue weighted by Gasteiger charge is -2.24. The Balaban J connectivity index is 2.17. The third-order valence-corrected chi connectivity index (χ3v) is 4.66. The highest BCUT2D eigenvalue weighted by atomic mass is 35.5. The summed E-state index contributed by atoms with van der Waals surface area (Å²) in [7, 11) is 0. The van der Waals surface area contributed by atoms with Gasteiger partial charge >= 0.3 is 0 Å². The third-order valence-electron chi connectivity index (χ3n) is 4.42. The smallest absolute Gasteiger partial charge is 0.239 e. The zero-order chi connectivity index (χ0) is 18.8. The van der Waals surface area contributed by atoms with Gasteiger partial charge in [-0.1, -0.05) is 23.7 Å². The molecule has 2 aromatic rings. The molecule has 0 aliphatic carbocycles. The fourth-order valence-corrected chi connectivity index (χ4v) is 2.54. The number of hydrogen-bond acceptors (Lipinski definition) is 2. The molecule has 0 fully saturated rings. The van der Waals surface area contributed by atoms with Gasteiger partial charge in [0.15, 0.2) is 0 Å². The third kappa shape index (κ3) is 4.20. The van der Waals surface area contributed by atoms with Crippen LogP contribution < -0.4 is 10.6 Å². The second kappa shape index (κ2) is 7.28. The van der Waals surface area contributed by atoms with Crippen molar-refractivity contribution in [3.8, 4) is 0 Å². The molecule has 4 nitrogen and oxygen atoms in total. The molecule has 0 spiro atoms. The summed E-state index contributed by atoms with van der Waals surface area (Å²) < 4.78 is 0. The molecule has 5 heteroatoms. The number of benzene rings is 2. The van der Waals surface area contributed by atoms with Crippen molar-refractivity contribution in [3.63, 3.8) is 0 Å². The Morgan fingerprint density at radius 2 is 1.48 bits per heavy atom. The van der Waals surface area contributed by atoms with Crippen molar-refractivity contribution in [1.82, 2.24) is 0 Å². The van der Waals surface area contributed by atoms with Crippen molar-refractivity contribution in [2.24, 2.45) is 5.41 Å². The molecule has 0 aliphatic heterocycles. The maximum atomic E-state index is 12.7. The Bertz CT molecular complexity index is 828. The maximum absolute atomic E-state index is 12.7. The largest absolute Gasteiger partial charge is 0.325 e. The van der Waals surface area contributed by atoms with Gasteiger partial charge in [-0.3, -0.25) is 9.59 Å². The van der Waals surface area contributed by atoms with Crippen LogP contribution in [0.15, 0.2) is 36.4 Å². The van der Waals surface area contributed by atoms with Gasteiger partial charge in [-0.25, -0.2) is 0 Å². The highest BCUT2D eigenvalue weighted by molar-refractivity contribution is 6.30. The lowest BCUT2D eigenvalue weighted by Crippen LogP contribution is -2.41. The predicted molar refractivity (Wildman–Crippen MR) is 103 cm³/mol. The van der Waals surface area contributed by atoms with Crippen molar-refractivity contribution in [1.29, 1.82) is 0 Å². The molecule has 0 heterocycles. The lowest BCUT2D eigenvalue weighted by atomic mass is 9.90. The van der Waals surface area contributed by atoms with E-state index in [1.807, 2.05) is 39.0 Å². The van der Waals surface area contributed by atoms with E-state index in [1.54, 1.807) is 32.0 Å². The molecular formula is C20H23ClN2O2. The zero-order valence-corrected chi connectivity index (χ0v) is 15.9. The van der Waals surface area contributed by atoms with E-state index in [4.69, 9.17) is 11.6 Å². The Morgan fingerprint density at radius 3 is 2.08 bits per heavy atom. The first-order chi connectivity index (χ1) is 11.6. The molecule has 0 aliphatic rings. The average molecular weight is 359 g/mol. The summed E-state index contributed by atoms with van der Waals surface area (Å²) in [5, 5.41) is 6.27. The number of amides is 2. The van der Waals surface area contributed by atoms with Crippen LogP contribution in [0.1, 0.15) is 30.5 Å². The van der Waals surface area contributed by atoms with Gasteiger partial charge in [-0.05, 0) is 75.6 Å². The quantitative estimate of drug-likeness (QED) is 0.766. The lowest BCUT2D eigenvalue weighted by molar-refractivity contribution is -0.135. The molecule has 2 rings (SSSR count). The molecule has 0 bridgehead atoms. The monoisotopic (exact) mass is 358 g/mol. The molecular weight excluding hydrogens is 336 g/mol. The van der Waals surface area contributed by atoms with Gasteiger partial charge < -0.3 is 10.6 Å². The van der Waals surface area contributed by atoms with Gasteiger partial charge in [0.25, 0.3) is 0 Å². The minimum atomic E-state index is -1.23. The van der Waals surface area contributed by atoms with E-state index in [0.29, 0.717) is 16.4 Å². The van der Waals surface area contributed by atoms with Crippen molar-refractivity contribution in [3.05, 3.63) is 58.1 Å². The molecule has 0 radical (unpaired) electrons. The summed E-state index contributed by atoms with van der Waals surface area (Å²) in [6.07, 6.45) is 0. The number of anilines is 2. The molecule has 2 amide bonds. The van der Waals surface area contributed by atoms with Crippen molar-refractivity contribution >= 4 is 34.8 Å². The Morgan fingerprint density at radius 1 is 0.880 bits per heavy atom. The Hall–Kier alpha value is -2.33. The first-order valence-corrected chi connectivity index (χ1v) is 8.46. The van der Waals surface area contributed by atoms with Crippen LogP contribution in [-0.2, 0) is 9.59 Å². The summed E-state index contributed by atoms with van der Waals surface area (Å²) in [5.74, 6) is -0.731.